The maximum atomic E-state index is 5.40. The highest BCUT2D eigenvalue weighted by atomic mass is 16.5. The molecule has 7 heteroatoms. The van der Waals surface area contributed by atoms with E-state index in [-0.39, 0.29) is 0 Å². The molecule has 0 atom stereocenters. The first-order chi connectivity index (χ1) is 13.1. The van der Waals surface area contributed by atoms with Crippen molar-refractivity contribution in [3.63, 3.8) is 0 Å². The van der Waals surface area contributed by atoms with Gasteiger partial charge >= 0.3 is 0 Å². The molecule has 140 valence electrons. The Morgan fingerprint density at radius 2 is 1.52 bits per heavy atom. The molecule has 2 aromatic carbocycles. The zero-order chi connectivity index (χ0) is 19.2. The van der Waals surface area contributed by atoms with Crippen LogP contribution in [0.15, 0.2) is 48.7 Å². The summed E-state index contributed by atoms with van der Waals surface area (Å²) in [6, 6.07) is 13.2. The van der Waals surface area contributed by atoms with Crippen molar-refractivity contribution in [2.75, 3.05) is 32.0 Å². The highest BCUT2D eigenvalue weighted by Gasteiger charge is 2.08. The van der Waals surface area contributed by atoms with E-state index in [9.17, 15) is 0 Å². The van der Waals surface area contributed by atoms with Crippen molar-refractivity contribution in [2.24, 2.45) is 0 Å². The predicted octanol–water partition coefficient (Wildman–Crippen LogP) is 4.30. The molecule has 0 saturated carbocycles. The third kappa shape index (κ3) is 4.38. The number of rotatable bonds is 7. The molecule has 0 aliphatic rings. The number of nitrogens with one attached hydrogen (secondary N) is 2. The molecule has 7 nitrogen and oxygen atoms in total. The molecule has 0 unspecified atom stereocenters. The highest BCUT2D eigenvalue weighted by Crippen LogP contribution is 2.31. The monoisotopic (exact) mass is 366 g/mol. The van der Waals surface area contributed by atoms with E-state index in [1.54, 1.807) is 33.6 Å². The van der Waals surface area contributed by atoms with Gasteiger partial charge in [0.15, 0.2) is 11.5 Å². The lowest BCUT2D eigenvalue weighted by Crippen LogP contribution is -2.02. The van der Waals surface area contributed by atoms with Crippen molar-refractivity contribution >= 4 is 23.1 Å². The van der Waals surface area contributed by atoms with Crippen LogP contribution in [0.5, 0.6) is 17.2 Å². The van der Waals surface area contributed by atoms with Gasteiger partial charge in [-0.25, -0.2) is 4.98 Å². The fourth-order valence-corrected chi connectivity index (χ4v) is 2.59. The van der Waals surface area contributed by atoms with Gasteiger partial charge in [-0.15, -0.1) is 0 Å². The number of hydrogen-bond acceptors (Lipinski definition) is 7. The van der Waals surface area contributed by atoms with Gasteiger partial charge < -0.3 is 24.8 Å². The summed E-state index contributed by atoms with van der Waals surface area (Å²) >= 11 is 0. The van der Waals surface area contributed by atoms with Crippen LogP contribution in [-0.4, -0.2) is 31.3 Å². The number of aromatic nitrogens is 2. The van der Waals surface area contributed by atoms with Gasteiger partial charge in [-0.2, -0.15) is 4.98 Å². The van der Waals surface area contributed by atoms with Gasteiger partial charge in [-0.3, -0.25) is 0 Å². The molecule has 0 fully saturated rings. The zero-order valence-electron chi connectivity index (χ0n) is 15.7. The molecule has 0 radical (unpaired) electrons. The Balaban J connectivity index is 1.81. The minimum atomic E-state index is 0.457. The molecule has 0 saturated heterocycles. The summed E-state index contributed by atoms with van der Waals surface area (Å²) in [6.45, 7) is 2.02. The molecule has 3 aromatic rings. The second-order valence-corrected chi connectivity index (χ2v) is 5.79. The quantitative estimate of drug-likeness (QED) is 0.645. The molecule has 3 rings (SSSR count). The third-order valence-electron chi connectivity index (χ3n) is 3.91. The highest BCUT2D eigenvalue weighted by molar-refractivity contribution is 5.66. The van der Waals surface area contributed by atoms with E-state index < -0.39 is 0 Å². The van der Waals surface area contributed by atoms with Crippen molar-refractivity contribution in [3.8, 4) is 17.2 Å². The minimum absolute atomic E-state index is 0.457. The van der Waals surface area contributed by atoms with Gasteiger partial charge in [-0.1, -0.05) is 6.07 Å². The molecule has 0 amide bonds. The SMILES string of the molecule is COc1ccc(C)cc1Nc1ccnc(Nc2ccc(OC)c(OC)c2)n1. The van der Waals surface area contributed by atoms with Crippen molar-refractivity contribution in [1.82, 2.24) is 9.97 Å². The van der Waals surface area contributed by atoms with E-state index in [2.05, 4.69) is 20.6 Å². The topological polar surface area (TPSA) is 77.5 Å². The maximum absolute atomic E-state index is 5.40. The van der Waals surface area contributed by atoms with E-state index >= 15 is 0 Å². The smallest absolute Gasteiger partial charge is 0.229 e. The second-order valence-electron chi connectivity index (χ2n) is 5.79. The summed E-state index contributed by atoms with van der Waals surface area (Å²) in [5.74, 6) is 3.14. The number of methoxy groups -OCH3 is 3. The zero-order valence-corrected chi connectivity index (χ0v) is 15.7. The standard InChI is InChI=1S/C20H22N4O3/c1-13-5-7-16(25-2)15(11-13)23-19-9-10-21-20(24-19)22-14-6-8-17(26-3)18(12-14)27-4/h5-12H,1-4H3,(H2,21,22,23,24). The predicted molar refractivity (Wildman–Crippen MR) is 106 cm³/mol. The molecule has 0 aliphatic carbocycles. The number of benzene rings is 2. The Hall–Kier alpha value is -3.48. The van der Waals surface area contributed by atoms with Gasteiger partial charge in [0.05, 0.1) is 27.0 Å². The Morgan fingerprint density at radius 1 is 0.778 bits per heavy atom. The van der Waals surface area contributed by atoms with E-state index in [4.69, 9.17) is 14.2 Å². The molecule has 0 spiro atoms. The van der Waals surface area contributed by atoms with Crippen LogP contribution in [0, 0.1) is 6.92 Å². The Kier molecular flexibility index (Phi) is 5.61. The molecule has 0 aliphatic heterocycles. The van der Waals surface area contributed by atoms with Crippen molar-refractivity contribution in [2.45, 2.75) is 6.92 Å². The summed E-state index contributed by atoms with van der Waals surface area (Å²) in [5.41, 5.74) is 2.75. The fourth-order valence-electron chi connectivity index (χ4n) is 2.59. The average Bonchev–Trinajstić information content (AvgIpc) is 2.68. The van der Waals surface area contributed by atoms with Crippen LogP contribution >= 0.6 is 0 Å². The Morgan fingerprint density at radius 3 is 2.26 bits per heavy atom. The normalized spacial score (nSPS) is 10.2. The van der Waals surface area contributed by atoms with Gasteiger partial charge in [0.2, 0.25) is 5.95 Å². The lowest BCUT2D eigenvalue weighted by molar-refractivity contribution is 0.355. The minimum Gasteiger partial charge on any atom is -0.495 e. The fraction of sp³-hybridized carbons (Fsp3) is 0.200. The second kappa shape index (κ2) is 8.27. The van der Waals surface area contributed by atoms with Crippen LogP contribution < -0.4 is 24.8 Å². The molecule has 0 bridgehead atoms. The summed E-state index contributed by atoms with van der Waals surface area (Å²) in [4.78, 5) is 8.77. The third-order valence-corrected chi connectivity index (χ3v) is 3.91. The Bertz CT molecular complexity index is 931. The molecule has 2 N–H and O–H groups in total. The van der Waals surface area contributed by atoms with Gasteiger partial charge in [0, 0.05) is 18.0 Å². The van der Waals surface area contributed by atoms with Crippen LogP contribution in [0.3, 0.4) is 0 Å². The Labute approximate surface area is 158 Å². The van der Waals surface area contributed by atoms with Crippen LogP contribution in [0.2, 0.25) is 0 Å². The molecule has 1 aromatic heterocycles. The van der Waals surface area contributed by atoms with E-state index in [1.807, 2.05) is 43.3 Å². The summed E-state index contributed by atoms with van der Waals surface area (Å²) < 4.78 is 16.0. The molecule has 1 heterocycles. The maximum Gasteiger partial charge on any atom is 0.229 e. The first kappa shape index (κ1) is 18.3. The molecular formula is C20H22N4O3. The summed E-state index contributed by atoms with van der Waals surface area (Å²) in [7, 11) is 4.83. The average molecular weight is 366 g/mol. The summed E-state index contributed by atoms with van der Waals surface area (Å²) in [6.07, 6.45) is 1.68. The molecule has 27 heavy (non-hydrogen) atoms. The number of anilines is 4. The van der Waals surface area contributed by atoms with E-state index in [0.717, 1.165) is 22.7 Å². The van der Waals surface area contributed by atoms with E-state index in [1.165, 1.54) is 0 Å². The van der Waals surface area contributed by atoms with Crippen molar-refractivity contribution < 1.29 is 14.2 Å². The van der Waals surface area contributed by atoms with Crippen LogP contribution in [-0.2, 0) is 0 Å². The first-order valence-corrected chi connectivity index (χ1v) is 8.36. The van der Waals surface area contributed by atoms with Crippen LogP contribution in [0.1, 0.15) is 5.56 Å². The van der Waals surface area contributed by atoms with Crippen LogP contribution in [0.4, 0.5) is 23.1 Å². The van der Waals surface area contributed by atoms with Gasteiger partial charge in [0.25, 0.3) is 0 Å². The van der Waals surface area contributed by atoms with Gasteiger partial charge in [0.1, 0.15) is 11.6 Å². The van der Waals surface area contributed by atoms with Crippen molar-refractivity contribution in [1.29, 1.82) is 0 Å². The number of nitrogens with zero attached hydrogens (tertiary/aromatic N) is 2. The molecular weight excluding hydrogens is 344 g/mol. The van der Waals surface area contributed by atoms with Crippen molar-refractivity contribution in [3.05, 3.63) is 54.2 Å². The lowest BCUT2D eigenvalue weighted by atomic mass is 10.2. The van der Waals surface area contributed by atoms with E-state index in [0.29, 0.717) is 23.3 Å². The number of aryl methyl sites for hydroxylation is 1. The largest absolute Gasteiger partial charge is 0.495 e. The number of ether oxygens (including phenoxy) is 3. The van der Waals surface area contributed by atoms with Crippen LogP contribution in [0.25, 0.3) is 0 Å². The lowest BCUT2D eigenvalue weighted by Gasteiger charge is -2.13. The summed E-state index contributed by atoms with van der Waals surface area (Å²) in [5, 5.41) is 6.44. The number of hydrogen-bond donors (Lipinski definition) is 2. The first-order valence-electron chi connectivity index (χ1n) is 8.36. The van der Waals surface area contributed by atoms with Gasteiger partial charge in [-0.05, 0) is 42.8 Å².